The molecular weight excluding hydrogens is 418 g/mol. The van der Waals surface area contributed by atoms with Crippen molar-refractivity contribution in [1.82, 2.24) is 15.0 Å². The standard InChI is InChI=1S/C26H33N3O4/c1-3-7-25(31)32-19-23(30)18-29(16-14-21-8-5-4-6-9-21)17-15-24-27-26(28-33-24)22-12-10-20(2)11-13-22/h4-6,8-13,23,30H,3,7,14-19H2,1-2H3. The molecule has 1 unspecified atom stereocenters. The molecule has 3 rings (SSSR count). The van der Waals surface area contributed by atoms with Crippen molar-refractivity contribution < 1.29 is 19.2 Å². The second-order valence-corrected chi connectivity index (χ2v) is 8.25. The molecule has 0 radical (unpaired) electrons. The molecule has 2 aromatic carbocycles. The van der Waals surface area contributed by atoms with Gasteiger partial charge in [-0.25, -0.2) is 0 Å². The second-order valence-electron chi connectivity index (χ2n) is 8.25. The van der Waals surface area contributed by atoms with Crippen LogP contribution in [-0.2, 0) is 22.4 Å². The zero-order valence-corrected chi connectivity index (χ0v) is 19.4. The summed E-state index contributed by atoms with van der Waals surface area (Å²) in [6.45, 7) is 5.74. The van der Waals surface area contributed by atoms with Crippen LogP contribution in [-0.4, -0.2) is 58.5 Å². The van der Waals surface area contributed by atoms with Gasteiger partial charge in [0.15, 0.2) is 0 Å². The van der Waals surface area contributed by atoms with Gasteiger partial charge in [0.25, 0.3) is 0 Å². The van der Waals surface area contributed by atoms with Crippen LogP contribution in [0.15, 0.2) is 59.1 Å². The third-order valence-electron chi connectivity index (χ3n) is 5.34. The minimum atomic E-state index is -0.757. The van der Waals surface area contributed by atoms with Gasteiger partial charge in [-0.1, -0.05) is 72.2 Å². The van der Waals surface area contributed by atoms with E-state index in [1.807, 2.05) is 56.3 Å². The first kappa shape index (κ1) is 24.6. The van der Waals surface area contributed by atoms with Gasteiger partial charge in [-0.15, -0.1) is 0 Å². The lowest BCUT2D eigenvalue weighted by Gasteiger charge is -2.24. The third-order valence-corrected chi connectivity index (χ3v) is 5.34. The summed E-state index contributed by atoms with van der Waals surface area (Å²) in [4.78, 5) is 18.3. The van der Waals surface area contributed by atoms with Crippen LogP contribution < -0.4 is 0 Å². The average molecular weight is 452 g/mol. The molecule has 0 fully saturated rings. The number of ether oxygens (including phenoxy) is 1. The highest BCUT2D eigenvalue weighted by Gasteiger charge is 2.16. The van der Waals surface area contributed by atoms with Gasteiger partial charge in [0.2, 0.25) is 11.7 Å². The third kappa shape index (κ3) is 8.44. The van der Waals surface area contributed by atoms with Gasteiger partial charge in [-0.3, -0.25) is 9.69 Å². The number of aliphatic hydroxyl groups is 1. The van der Waals surface area contributed by atoms with Crippen LogP contribution in [0, 0.1) is 6.92 Å². The topological polar surface area (TPSA) is 88.7 Å². The summed E-state index contributed by atoms with van der Waals surface area (Å²) in [5, 5.41) is 14.5. The maximum absolute atomic E-state index is 11.6. The monoisotopic (exact) mass is 451 g/mol. The van der Waals surface area contributed by atoms with Gasteiger partial charge >= 0.3 is 5.97 Å². The van der Waals surface area contributed by atoms with E-state index in [0.717, 1.165) is 24.9 Å². The fraction of sp³-hybridized carbons (Fsp3) is 0.423. The molecule has 0 bridgehead atoms. The van der Waals surface area contributed by atoms with E-state index in [1.54, 1.807) is 0 Å². The molecule has 0 aliphatic rings. The number of hydrogen-bond acceptors (Lipinski definition) is 7. The first-order valence-electron chi connectivity index (χ1n) is 11.5. The molecule has 176 valence electrons. The van der Waals surface area contributed by atoms with Crippen molar-refractivity contribution in [2.24, 2.45) is 0 Å². The molecule has 7 nitrogen and oxygen atoms in total. The lowest BCUT2D eigenvalue weighted by atomic mass is 10.1. The molecule has 1 heterocycles. The lowest BCUT2D eigenvalue weighted by molar-refractivity contribution is -0.147. The van der Waals surface area contributed by atoms with Crippen molar-refractivity contribution in [3.63, 3.8) is 0 Å². The van der Waals surface area contributed by atoms with Crippen LogP contribution in [0.1, 0.15) is 36.8 Å². The predicted octanol–water partition coefficient (Wildman–Crippen LogP) is 3.84. The van der Waals surface area contributed by atoms with Crippen LogP contribution in [0.25, 0.3) is 11.4 Å². The Bertz CT molecular complexity index is 973. The minimum Gasteiger partial charge on any atom is -0.463 e. The Morgan fingerprint density at radius 1 is 1.09 bits per heavy atom. The van der Waals surface area contributed by atoms with Crippen LogP contribution in [0.2, 0.25) is 0 Å². The summed E-state index contributed by atoms with van der Waals surface area (Å²) in [6, 6.07) is 18.2. The zero-order chi connectivity index (χ0) is 23.5. The van der Waals surface area contributed by atoms with Crippen molar-refractivity contribution in [3.05, 3.63) is 71.6 Å². The summed E-state index contributed by atoms with van der Waals surface area (Å²) in [5.41, 5.74) is 3.32. The summed E-state index contributed by atoms with van der Waals surface area (Å²) < 4.78 is 10.6. The Labute approximate surface area is 195 Å². The summed E-state index contributed by atoms with van der Waals surface area (Å²) in [6.07, 6.45) is 1.75. The highest BCUT2D eigenvalue weighted by Crippen LogP contribution is 2.16. The van der Waals surface area contributed by atoms with Crippen molar-refractivity contribution in [2.45, 2.75) is 45.6 Å². The van der Waals surface area contributed by atoms with Crippen molar-refractivity contribution >= 4 is 5.97 Å². The molecule has 7 heteroatoms. The lowest BCUT2D eigenvalue weighted by Crippen LogP contribution is -2.38. The molecular formula is C26H33N3O4. The van der Waals surface area contributed by atoms with Crippen LogP contribution in [0.3, 0.4) is 0 Å². The highest BCUT2D eigenvalue weighted by atomic mass is 16.5. The van der Waals surface area contributed by atoms with E-state index in [4.69, 9.17) is 9.26 Å². The number of aliphatic hydroxyl groups excluding tert-OH is 1. The SMILES string of the molecule is CCCC(=O)OCC(O)CN(CCc1ccccc1)CCc1nc(-c2ccc(C)cc2)no1. The van der Waals surface area contributed by atoms with Crippen LogP contribution >= 0.6 is 0 Å². The number of carbonyl (C=O) groups is 1. The van der Waals surface area contributed by atoms with Crippen molar-refractivity contribution in [1.29, 1.82) is 0 Å². The Morgan fingerprint density at radius 2 is 1.82 bits per heavy atom. The second kappa shape index (κ2) is 12.9. The molecule has 1 N–H and O–H groups in total. The highest BCUT2D eigenvalue weighted by molar-refractivity contribution is 5.69. The van der Waals surface area contributed by atoms with Gasteiger partial charge in [-0.05, 0) is 25.3 Å². The fourth-order valence-corrected chi connectivity index (χ4v) is 3.47. The molecule has 0 saturated heterocycles. The van der Waals surface area contributed by atoms with E-state index in [0.29, 0.717) is 37.6 Å². The number of carbonyl (C=O) groups excluding carboxylic acids is 1. The van der Waals surface area contributed by atoms with E-state index in [9.17, 15) is 9.90 Å². The Balaban J connectivity index is 1.57. The van der Waals surface area contributed by atoms with E-state index in [-0.39, 0.29) is 12.6 Å². The summed E-state index contributed by atoms with van der Waals surface area (Å²) >= 11 is 0. The first-order valence-corrected chi connectivity index (χ1v) is 11.5. The van der Waals surface area contributed by atoms with Gasteiger partial charge in [0.05, 0.1) is 0 Å². The van der Waals surface area contributed by atoms with Crippen molar-refractivity contribution in [3.8, 4) is 11.4 Å². The number of benzene rings is 2. The zero-order valence-electron chi connectivity index (χ0n) is 19.4. The number of aromatic nitrogens is 2. The molecule has 1 atom stereocenters. The van der Waals surface area contributed by atoms with Gasteiger partial charge in [0.1, 0.15) is 12.7 Å². The number of esters is 1. The largest absolute Gasteiger partial charge is 0.463 e. The predicted molar refractivity (Wildman–Crippen MR) is 127 cm³/mol. The molecule has 3 aromatic rings. The number of nitrogens with zero attached hydrogens (tertiary/aromatic N) is 3. The smallest absolute Gasteiger partial charge is 0.305 e. The van der Waals surface area contributed by atoms with Gasteiger partial charge in [0, 0.05) is 38.0 Å². The summed E-state index contributed by atoms with van der Waals surface area (Å²) in [7, 11) is 0. The molecule has 0 spiro atoms. The number of rotatable bonds is 13. The Hall–Kier alpha value is -3.03. The quantitative estimate of drug-likeness (QED) is 0.395. The molecule has 0 aliphatic heterocycles. The van der Waals surface area contributed by atoms with E-state index in [1.165, 1.54) is 11.1 Å². The average Bonchev–Trinajstić information content (AvgIpc) is 3.30. The summed E-state index contributed by atoms with van der Waals surface area (Å²) in [5.74, 6) is 0.852. The van der Waals surface area contributed by atoms with Gasteiger partial charge in [-0.2, -0.15) is 4.98 Å². The number of aryl methyl sites for hydroxylation is 1. The minimum absolute atomic E-state index is 0.00119. The van der Waals surface area contributed by atoms with E-state index < -0.39 is 6.10 Å². The van der Waals surface area contributed by atoms with Gasteiger partial charge < -0.3 is 14.4 Å². The molecule has 0 amide bonds. The normalized spacial score (nSPS) is 12.1. The first-order chi connectivity index (χ1) is 16.0. The van der Waals surface area contributed by atoms with E-state index >= 15 is 0 Å². The van der Waals surface area contributed by atoms with Crippen LogP contribution in [0.4, 0.5) is 0 Å². The number of hydrogen-bond donors (Lipinski definition) is 1. The Kier molecular flexibility index (Phi) is 9.59. The Morgan fingerprint density at radius 3 is 2.55 bits per heavy atom. The molecule has 0 saturated carbocycles. The maximum atomic E-state index is 11.6. The van der Waals surface area contributed by atoms with Crippen LogP contribution in [0.5, 0.6) is 0 Å². The molecule has 1 aromatic heterocycles. The maximum Gasteiger partial charge on any atom is 0.305 e. The molecule has 33 heavy (non-hydrogen) atoms. The van der Waals surface area contributed by atoms with E-state index in [2.05, 4.69) is 27.2 Å². The molecule has 0 aliphatic carbocycles. The fourth-order valence-electron chi connectivity index (χ4n) is 3.47. The van der Waals surface area contributed by atoms with Crippen molar-refractivity contribution in [2.75, 3.05) is 26.2 Å².